The van der Waals surface area contributed by atoms with Gasteiger partial charge in [-0.1, -0.05) is 49.2 Å². The molecule has 0 radical (unpaired) electrons. The molecule has 0 bridgehead atoms. The summed E-state index contributed by atoms with van der Waals surface area (Å²) in [5.74, 6) is 0.234. The SMILES string of the molecule is OC1(Cc2cccnc2)CCCCC1c1ccccc1. The van der Waals surface area contributed by atoms with Gasteiger partial charge in [0.05, 0.1) is 5.60 Å². The predicted octanol–water partition coefficient (Wildman–Crippen LogP) is 3.71. The first-order valence-electron chi connectivity index (χ1n) is 7.44. The van der Waals surface area contributed by atoms with Crippen molar-refractivity contribution in [2.24, 2.45) is 0 Å². The van der Waals surface area contributed by atoms with Gasteiger partial charge in [-0.2, -0.15) is 0 Å². The summed E-state index contributed by atoms with van der Waals surface area (Å²) in [5, 5.41) is 11.2. The molecule has 20 heavy (non-hydrogen) atoms. The highest BCUT2D eigenvalue weighted by molar-refractivity contribution is 5.26. The van der Waals surface area contributed by atoms with E-state index < -0.39 is 5.60 Å². The van der Waals surface area contributed by atoms with E-state index in [9.17, 15) is 5.11 Å². The number of aromatic nitrogens is 1. The second kappa shape index (κ2) is 5.76. The van der Waals surface area contributed by atoms with Gasteiger partial charge in [-0.3, -0.25) is 4.98 Å². The zero-order valence-electron chi connectivity index (χ0n) is 11.7. The van der Waals surface area contributed by atoms with Crippen LogP contribution in [0.3, 0.4) is 0 Å². The molecule has 0 aliphatic heterocycles. The molecular formula is C18H21NO. The van der Waals surface area contributed by atoms with Crippen molar-refractivity contribution in [2.45, 2.75) is 43.6 Å². The molecule has 1 saturated carbocycles. The summed E-state index contributed by atoms with van der Waals surface area (Å²) >= 11 is 0. The summed E-state index contributed by atoms with van der Waals surface area (Å²) in [4.78, 5) is 4.17. The molecule has 2 unspecified atom stereocenters. The van der Waals surface area contributed by atoms with Crippen LogP contribution in [0, 0.1) is 0 Å². The minimum Gasteiger partial charge on any atom is -0.389 e. The molecule has 1 fully saturated rings. The molecule has 0 amide bonds. The Hall–Kier alpha value is -1.67. The largest absolute Gasteiger partial charge is 0.389 e. The maximum absolute atomic E-state index is 11.2. The maximum Gasteiger partial charge on any atom is 0.0756 e. The molecule has 2 atom stereocenters. The third-order valence-electron chi connectivity index (χ3n) is 4.44. The van der Waals surface area contributed by atoms with Crippen LogP contribution in [0.1, 0.15) is 42.7 Å². The topological polar surface area (TPSA) is 33.1 Å². The maximum atomic E-state index is 11.2. The van der Waals surface area contributed by atoms with Crippen LogP contribution in [-0.4, -0.2) is 15.7 Å². The van der Waals surface area contributed by atoms with E-state index >= 15 is 0 Å². The van der Waals surface area contributed by atoms with Gasteiger partial charge in [0.1, 0.15) is 0 Å². The minimum absolute atomic E-state index is 0.234. The van der Waals surface area contributed by atoms with Gasteiger partial charge in [0.15, 0.2) is 0 Å². The van der Waals surface area contributed by atoms with Crippen LogP contribution in [-0.2, 0) is 6.42 Å². The average Bonchev–Trinajstić information content (AvgIpc) is 2.49. The number of pyridine rings is 1. The molecule has 1 aromatic carbocycles. The predicted molar refractivity (Wildman–Crippen MR) is 80.5 cm³/mol. The molecule has 1 aromatic heterocycles. The fraction of sp³-hybridized carbons (Fsp3) is 0.389. The van der Waals surface area contributed by atoms with E-state index in [4.69, 9.17) is 0 Å². The Labute approximate surface area is 120 Å². The quantitative estimate of drug-likeness (QED) is 0.919. The molecule has 2 heteroatoms. The number of aliphatic hydroxyl groups is 1. The van der Waals surface area contributed by atoms with Crippen molar-refractivity contribution in [3.63, 3.8) is 0 Å². The Morgan fingerprint density at radius 2 is 1.95 bits per heavy atom. The van der Waals surface area contributed by atoms with E-state index in [1.807, 2.05) is 18.3 Å². The number of hydrogen-bond donors (Lipinski definition) is 1. The molecule has 3 rings (SSSR count). The van der Waals surface area contributed by atoms with Crippen LogP contribution in [0.5, 0.6) is 0 Å². The Kier molecular flexibility index (Phi) is 3.83. The molecule has 2 nitrogen and oxygen atoms in total. The van der Waals surface area contributed by atoms with E-state index in [0.29, 0.717) is 6.42 Å². The number of benzene rings is 1. The average molecular weight is 267 g/mol. The molecule has 2 aromatic rings. The molecule has 1 heterocycles. The number of nitrogens with zero attached hydrogens (tertiary/aromatic N) is 1. The lowest BCUT2D eigenvalue weighted by molar-refractivity contribution is -0.0167. The zero-order valence-corrected chi connectivity index (χ0v) is 11.7. The third-order valence-corrected chi connectivity index (χ3v) is 4.44. The second-order valence-electron chi connectivity index (χ2n) is 5.85. The van der Waals surface area contributed by atoms with Gasteiger partial charge < -0.3 is 5.11 Å². The molecular weight excluding hydrogens is 246 g/mol. The van der Waals surface area contributed by atoms with E-state index in [1.54, 1.807) is 6.20 Å². The van der Waals surface area contributed by atoms with Gasteiger partial charge in [-0.25, -0.2) is 0 Å². The van der Waals surface area contributed by atoms with Crippen LogP contribution in [0.2, 0.25) is 0 Å². The number of rotatable bonds is 3. The lowest BCUT2D eigenvalue weighted by atomic mass is 9.69. The number of hydrogen-bond acceptors (Lipinski definition) is 2. The van der Waals surface area contributed by atoms with Gasteiger partial charge >= 0.3 is 0 Å². The van der Waals surface area contributed by atoms with Gasteiger partial charge in [0, 0.05) is 24.7 Å². The van der Waals surface area contributed by atoms with Gasteiger partial charge in [0.2, 0.25) is 0 Å². The molecule has 0 spiro atoms. The second-order valence-corrected chi connectivity index (χ2v) is 5.85. The highest BCUT2D eigenvalue weighted by Crippen LogP contribution is 2.42. The van der Waals surface area contributed by atoms with Gasteiger partial charge in [0.25, 0.3) is 0 Å². The third kappa shape index (κ3) is 2.75. The van der Waals surface area contributed by atoms with Crippen molar-refractivity contribution < 1.29 is 5.11 Å². The Morgan fingerprint density at radius 1 is 1.10 bits per heavy atom. The molecule has 1 aliphatic rings. The minimum atomic E-state index is -0.636. The summed E-state index contributed by atoms with van der Waals surface area (Å²) in [6.45, 7) is 0. The Balaban J connectivity index is 1.88. The highest BCUT2D eigenvalue weighted by atomic mass is 16.3. The standard InChI is InChI=1S/C18H21NO/c20-18(13-15-7-6-12-19-14-15)11-5-4-10-17(18)16-8-2-1-3-9-16/h1-3,6-9,12,14,17,20H,4-5,10-11,13H2. The van der Waals surface area contributed by atoms with Gasteiger partial charge in [-0.15, -0.1) is 0 Å². The molecule has 0 saturated heterocycles. The fourth-order valence-corrected chi connectivity index (χ4v) is 3.45. The first kappa shape index (κ1) is 13.3. The van der Waals surface area contributed by atoms with Crippen LogP contribution in [0.4, 0.5) is 0 Å². The molecule has 1 aliphatic carbocycles. The van der Waals surface area contributed by atoms with Crippen LogP contribution < -0.4 is 0 Å². The molecule has 1 N–H and O–H groups in total. The van der Waals surface area contributed by atoms with Gasteiger partial charge in [-0.05, 0) is 30.0 Å². The first-order chi connectivity index (χ1) is 9.78. The lowest BCUT2D eigenvalue weighted by Crippen LogP contribution is -2.41. The van der Waals surface area contributed by atoms with Crippen molar-refractivity contribution in [1.29, 1.82) is 0 Å². The zero-order chi connectivity index (χ0) is 13.8. The Morgan fingerprint density at radius 3 is 2.70 bits per heavy atom. The monoisotopic (exact) mass is 267 g/mol. The van der Waals surface area contributed by atoms with Crippen molar-refractivity contribution in [1.82, 2.24) is 4.98 Å². The van der Waals surface area contributed by atoms with Crippen LogP contribution in [0.15, 0.2) is 54.9 Å². The van der Waals surface area contributed by atoms with E-state index in [-0.39, 0.29) is 5.92 Å². The molecule has 104 valence electrons. The van der Waals surface area contributed by atoms with Crippen molar-refractivity contribution in [3.8, 4) is 0 Å². The van der Waals surface area contributed by atoms with Crippen LogP contribution >= 0.6 is 0 Å². The van der Waals surface area contributed by atoms with Crippen molar-refractivity contribution in [3.05, 3.63) is 66.0 Å². The summed E-state index contributed by atoms with van der Waals surface area (Å²) in [7, 11) is 0. The highest BCUT2D eigenvalue weighted by Gasteiger charge is 2.39. The lowest BCUT2D eigenvalue weighted by Gasteiger charge is -2.40. The van der Waals surface area contributed by atoms with Crippen molar-refractivity contribution >= 4 is 0 Å². The summed E-state index contributed by atoms with van der Waals surface area (Å²) in [5.41, 5.74) is 1.75. The van der Waals surface area contributed by atoms with E-state index in [0.717, 1.165) is 24.8 Å². The Bertz CT molecular complexity index is 540. The van der Waals surface area contributed by atoms with E-state index in [2.05, 4.69) is 35.3 Å². The van der Waals surface area contributed by atoms with Crippen molar-refractivity contribution in [2.75, 3.05) is 0 Å². The fourth-order valence-electron chi connectivity index (χ4n) is 3.45. The summed E-state index contributed by atoms with van der Waals surface area (Å²) < 4.78 is 0. The summed E-state index contributed by atoms with van der Waals surface area (Å²) in [6, 6.07) is 14.4. The van der Waals surface area contributed by atoms with Crippen LogP contribution in [0.25, 0.3) is 0 Å². The first-order valence-corrected chi connectivity index (χ1v) is 7.44. The smallest absolute Gasteiger partial charge is 0.0756 e. The normalized spacial score (nSPS) is 26.4. The summed E-state index contributed by atoms with van der Waals surface area (Å²) in [6.07, 6.45) is 8.61. The van der Waals surface area contributed by atoms with E-state index in [1.165, 1.54) is 12.0 Å².